The van der Waals surface area contributed by atoms with Gasteiger partial charge in [0, 0.05) is 61.3 Å². The smallest absolute Gasteiger partial charge is 0.392 e. The number of ether oxygens (including phenoxy) is 3. The van der Waals surface area contributed by atoms with Crippen molar-refractivity contribution in [3.8, 4) is 45.0 Å². The molecule has 0 unspecified atom stereocenters. The molecule has 0 radical (unpaired) electrons. The number of rotatable bonds is 11. The molecule has 3 aromatic carbocycles. The Kier molecular flexibility index (Phi) is 13.3. The van der Waals surface area contributed by atoms with Gasteiger partial charge in [0.05, 0.1) is 35.5 Å². The van der Waals surface area contributed by atoms with Crippen LogP contribution in [0.5, 0.6) is 23.4 Å². The number of aromatic hydroxyl groups is 1. The lowest BCUT2D eigenvalue weighted by Crippen LogP contribution is -2.50. The van der Waals surface area contributed by atoms with Crippen molar-refractivity contribution in [2.45, 2.75) is 44.7 Å². The molecule has 15 nitrogen and oxygen atoms in total. The van der Waals surface area contributed by atoms with Crippen LogP contribution in [-0.2, 0) is 40.4 Å². The Hall–Kier alpha value is -6.64. The molecular weight excluding hydrogens is 898 g/mol. The third kappa shape index (κ3) is 10.7. The molecule has 0 saturated carbocycles. The van der Waals surface area contributed by atoms with Crippen molar-refractivity contribution in [2.24, 2.45) is 0 Å². The van der Waals surface area contributed by atoms with Gasteiger partial charge in [0.1, 0.15) is 41.7 Å². The number of hydrogen-bond donors (Lipinski definition) is 3. The Balaban J connectivity index is 1.21. The van der Waals surface area contributed by atoms with Crippen molar-refractivity contribution in [1.82, 2.24) is 35.1 Å². The molecule has 2 amide bonds. The van der Waals surface area contributed by atoms with Crippen LogP contribution in [0.15, 0.2) is 73.2 Å². The minimum Gasteiger partial charge on any atom is -0.506 e. The van der Waals surface area contributed by atoms with Crippen LogP contribution in [0.2, 0.25) is 5.02 Å². The number of hydrogen-bond acceptors (Lipinski definition) is 13. The van der Waals surface area contributed by atoms with Crippen molar-refractivity contribution >= 4 is 50.9 Å². The number of carboxylic acid groups (broad SMARTS) is 1. The summed E-state index contributed by atoms with van der Waals surface area (Å²) < 4.78 is 69.9. The van der Waals surface area contributed by atoms with Gasteiger partial charge in [0.2, 0.25) is 23.8 Å². The minimum absolute atomic E-state index is 0.0335. The van der Waals surface area contributed by atoms with Gasteiger partial charge in [-0.15, -0.1) is 11.3 Å². The van der Waals surface area contributed by atoms with E-state index in [0.717, 1.165) is 0 Å². The van der Waals surface area contributed by atoms with Gasteiger partial charge in [-0.3, -0.25) is 14.5 Å². The number of alkyl halides is 3. The number of nitrogens with zero attached hydrogens (tertiary/aromatic N) is 6. The summed E-state index contributed by atoms with van der Waals surface area (Å²) in [5, 5.41) is 25.6. The number of nitrogens with one attached hydrogen (secondary N) is 1. The zero-order valence-electron chi connectivity index (χ0n) is 34.1. The van der Waals surface area contributed by atoms with Gasteiger partial charge in [-0.1, -0.05) is 48.0 Å². The molecule has 3 aliphatic heterocycles. The van der Waals surface area contributed by atoms with Gasteiger partial charge in [-0.2, -0.15) is 18.2 Å². The highest BCUT2D eigenvalue weighted by Gasteiger charge is 2.31. The van der Waals surface area contributed by atoms with Crippen LogP contribution in [0.25, 0.3) is 31.8 Å². The van der Waals surface area contributed by atoms with E-state index in [1.165, 1.54) is 42.1 Å². The van der Waals surface area contributed by atoms with Crippen LogP contribution in [-0.4, -0.2) is 109 Å². The Morgan fingerprint density at radius 2 is 1.82 bits per heavy atom. The first-order valence-corrected chi connectivity index (χ1v) is 21.3. The van der Waals surface area contributed by atoms with E-state index in [-0.39, 0.29) is 96.0 Å². The summed E-state index contributed by atoms with van der Waals surface area (Å²) in [5.74, 6) is -2.66. The normalized spacial score (nSPS) is 16.0. The van der Waals surface area contributed by atoms with Crippen LogP contribution in [0.1, 0.15) is 28.8 Å². The number of piperazine rings is 1. The molecule has 1 atom stereocenters. The summed E-state index contributed by atoms with van der Waals surface area (Å²) >= 11 is 8.14. The van der Waals surface area contributed by atoms with E-state index in [4.69, 9.17) is 25.8 Å². The lowest BCUT2D eigenvalue weighted by molar-refractivity contribution is -0.145. The van der Waals surface area contributed by atoms with Gasteiger partial charge >= 0.3 is 18.2 Å². The SMILES string of the molecule is O=C1CN(CCN2Cc3ccc(c(O)c3Cl)-c3c(-c4ccc(F)cc4)sc4ncnc(c34)O[C@@H](C(=O)O)Cc3cc(ccc3OCc3ccnc(OCCC(F)(F)F)n3)CC2=O)CCN1. The van der Waals surface area contributed by atoms with Crippen LogP contribution >= 0.6 is 22.9 Å². The van der Waals surface area contributed by atoms with Crippen molar-refractivity contribution in [1.29, 1.82) is 0 Å². The number of halogens is 5. The number of aromatic nitrogens is 4. The highest BCUT2D eigenvalue weighted by atomic mass is 35.5. The van der Waals surface area contributed by atoms with E-state index in [0.29, 0.717) is 57.2 Å². The molecule has 9 rings (SSSR count). The molecule has 1 fully saturated rings. The Morgan fingerprint density at radius 3 is 2.58 bits per heavy atom. The summed E-state index contributed by atoms with van der Waals surface area (Å²) in [6, 6.07) is 14.9. The maximum absolute atomic E-state index is 14.3. The van der Waals surface area contributed by atoms with Crippen LogP contribution in [0.4, 0.5) is 17.6 Å². The van der Waals surface area contributed by atoms with E-state index >= 15 is 0 Å². The molecule has 21 heteroatoms. The minimum atomic E-state index is -4.44. The third-order valence-corrected chi connectivity index (χ3v) is 12.2. The number of fused-ring (bicyclic) bond motifs is 7. The van der Waals surface area contributed by atoms with E-state index in [9.17, 15) is 42.2 Å². The second kappa shape index (κ2) is 19.2. The Morgan fingerprint density at radius 1 is 1.00 bits per heavy atom. The average molecular weight is 936 g/mol. The van der Waals surface area contributed by atoms with E-state index < -0.39 is 37.1 Å². The maximum Gasteiger partial charge on any atom is 0.392 e. The van der Waals surface area contributed by atoms with Crippen LogP contribution in [0, 0.1) is 5.82 Å². The average Bonchev–Trinajstić information content (AvgIpc) is 3.66. The molecule has 0 spiro atoms. The molecule has 65 heavy (non-hydrogen) atoms. The van der Waals surface area contributed by atoms with Gasteiger partial charge in [-0.25, -0.2) is 24.1 Å². The number of phenols is 1. The highest BCUT2D eigenvalue weighted by Crippen LogP contribution is 2.51. The first kappa shape index (κ1) is 44.9. The van der Waals surface area contributed by atoms with Gasteiger partial charge in [0.15, 0.2) is 0 Å². The molecule has 3 aromatic heterocycles. The lowest BCUT2D eigenvalue weighted by Gasteiger charge is -2.30. The quantitative estimate of drug-likeness (QED) is 0.118. The highest BCUT2D eigenvalue weighted by molar-refractivity contribution is 7.22. The molecule has 0 aliphatic carbocycles. The third-order valence-electron chi connectivity index (χ3n) is 10.6. The fraction of sp³-hybridized carbons (Fsp3) is 0.295. The number of aliphatic carboxylic acids is 1. The molecule has 1 saturated heterocycles. The van der Waals surface area contributed by atoms with Crippen LogP contribution in [0.3, 0.4) is 0 Å². The number of thiophene rings is 1. The number of benzene rings is 3. The molecule has 6 heterocycles. The summed E-state index contributed by atoms with van der Waals surface area (Å²) in [5.41, 5.74) is 2.52. The Bertz CT molecular complexity index is 2760. The number of carbonyl (C=O) groups is 3. The summed E-state index contributed by atoms with van der Waals surface area (Å²) in [6.07, 6.45) is -5.27. The summed E-state index contributed by atoms with van der Waals surface area (Å²) in [6.45, 7) is 0.730. The monoisotopic (exact) mass is 935 g/mol. The second-order valence-corrected chi connectivity index (χ2v) is 16.5. The fourth-order valence-corrected chi connectivity index (χ4v) is 8.79. The van der Waals surface area contributed by atoms with Crippen molar-refractivity contribution in [3.05, 3.63) is 106 Å². The first-order chi connectivity index (χ1) is 31.2. The zero-order valence-corrected chi connectivity index (χ0v) is 35.7. The summed E-state index contributed by atoms with van der Waals surface area (Å²) in [4.78, 5) is 60.9. The molecule has 3 N–H and O–H groups in total. The largest absolute Gasteiger partial charge is 0.506 e. The first-order valence-electron chi connectivity index (χ1n) is 20.2. The number of carbonyl (C=O) groups excluding carboxylic acids is 2. The predicted octanol–water partition coefficient (Wildman–Crippen LogP) is 6.61. The zero-order chi connectivity index (χ0) is 45.8. The molecule has 338 valence electrons. The maximum atomic E-state index is 14.3. The second-order valence-electron chi connectivity index (χ2n) is 15.1. The molecule has 3 aliphatic rings. The van der Waals surface area contributed by atoms with Gasteiger partial charge in [-0.05, 0) is 46.5 Å². The van der Waals surface area contributed by atoms with E-state index in [1.807, 2.05) is 4.90 Å². The van der Waals surface area contributed by atoms with Crippen molar-refractivity contribution < 1.29 is 56.4 Å². The molecule has 4 bridgehead atoms. The van der Waals surface area contributed by atoms with Gasteiger partial charge < -0.3 is 34.6 Å². The van der Waals surface area contributed by atoms with E-state index in [2.05, 4.69) is 25.3 Å². The molecule has 6 aromatic rings. The number of amides is 2. The van der Waals surface area contributed by atoms with Crippen LogP contribution < -0.4 is 19.5 Å². The number of phenolic OH excluding ortho intramolecular Hbond substituents is 1. The standard InChI is InChI=1S/C44H38ClF4N7O8S/c45-37-26-4-7-30(38(37)59)35-36-40(52-23-53-41(36)65-39(35)25-2-5-28(46)6-3-25)64-32(42(60)61)19-27-17-24(18-34(58)56(20-26)15-14-55-13-12-50-33(57)21-55)1-8-31(27)63-22-29-9-11-51-43(54-29)62-16-10-44(47,48)49/h1-9,11,17,23,32,59H,10,12-16,18-22H2,(H,50,57)(H,60,61)/t32-/m1/s1. The Labute approximate surface area is 376 Å². The lowest BCUT2D eigenvalue weighted by atomic mass is 9.97. The number of carboxylic acids is 1. The summed E-state index contributed by atoms with van der Waals surface area (Å²) in [7, 11) is 0. The fourth-order valence-electron chi connectivity index (χ4n) is 7.41. The predicted molar refractivity (Wildman–Crippen MR) is 228 cm³/mol. The van der Waals surface area contributed by atoms with Crippen molar-refractivity contribution in [2.75, 3.05) is 39.3 Å². The molecular formula is C44H38ClF4N7O8S. The topological polar surface area (TPSA) is 189 Å². The van der Waals surface area contributed by atoms with Crippen molar-refractivity contribution in [3.63, 3.8) is 0 Å². The van der Waals surface area contributed by atoms with Gasteiger partial charge in [0.25, 0.3) is 0 Å². The van der Waals surface area contributed by atoms with E-state index in [1.54, 1.807) is 47.4 Å².